The largest absolute Gasteiger partial charge is 0.354 e. The third-order valence-electron chi connectivity index (χ3n) is 4.08. The van der Waals surface area contributed by atoms with E-state index in [4.69, 9.17) is 0 Å². The van der Waals surface area contributed by atoms with Gasteiger partial charge in [-0.3, -0.25) is 0 Å². The van der Waals surface area contributed by atoms with Crippen molar-refractivity contribution in [2.75, 3.05) is 24.5 Å². The standard InChI is InChI=1S/C15H22N6O2S/c1-11(2)21-9-15(16-10-21)24(22,23)17-6-13-7-20(8-13)14-5-4-12(3)18-19-14/h4-5,9-11,13,17H,6-8H2,1-3H3. The number of sulfonamides is 1. The SMILES string of the molecule is Cc1ccc(N2CC(CNS(=O)(=O)c3cn(C(C)C)cn3)C2)nn1. The van der Waals surface area contributed by atoms with Gasteiger partial charge >= 0.3 is 0 Å². The van der Waals surface area contributed by atoms with Crippen molar-refractivity contribution in [1.29, 1.82) is 0 Å². The summed E-state index contributed by atoms with van der Waals surface area (Å²) >= 11 is 0. The molecule has 0 spiro atoms. The van der Waals surface area contributed by atoms with Gasteiger partial charge in [0.25, 0.3) is 10.0 Å². The molecule has 3 rings (SSSR count). The minimum Gasteiger partial charge on any atom is -0.354 e. The van der Waals surface area contributed by atoms with Crippen LogP contribution in [0.4, 0.5) is 5.82 Å². The fourth-order valence-corrected chi connectivity index (χ4v) is 3.54. The van der Waals surface area contributed by atoms with Crippen molar-refractivity contribution >= 4 is 15.8 Å². The van der Waals surface area contributed by atoms with Crippen LogP contribution in [0, 0.1) is 12.8 Å². The Morgan fingerprint density at radius 2 is 2.04 bits per heavy atom. The van der Waals surface area contributed by atoms with Gasteiger partial charge in [0.15, 0.2) is 10.8 Å². The summed E-state index contributed by atoms with van der Waals surface area (Å²) in [4.78, 5) is 6.07. The number of hydrogen-bond acceptors (Lipinski definition) is 6. The summed E-state index contributed by atoms with van der Waals surface area (Å²) < 4.78 is 29.0. The molecule has 0 saturated carbocycles. The van der Waals surface area contributed by atoms with Crippen LogP contribution in [0.2, 0.25) is 0 Å². The molecule has 2 aromatic rings. The lowest BCUT2D eigenvalue weighted by atomic mass is 10.0. The Balaban J connectivity index is 1.52. The van der Waals surface area contributed by atoms with Gasteiger partial charge in [-0.25, -0.2) is 18.1 Å². The highest BCUT2D eigenvalue weighted by molar-refractivity contribution is 7.89. The Bertz CT molecular complexity index is 794. The molecule has 2 aromatic heterocycles. The summed E-state index contributed by atoms with van der Waals surface area (Å²) in [6.45, 7) is 7.77. The average Bonchev–Trinajstić information content (AvgIpc) is 2.98. The van der Waals surface area contributed by atoms with Gasteiger partial charge in [0.1, 0.15) is 0 Å². The second-order valence-corrected chi connectivity index (χ2v) is 8.12. The first-order chi connectivity index (χ1) is 11.3. The maximum Gasteiger partial charge on any atom is 0.259 e. The van der Waals surface area contributed by atoms with Crippen LogP contribution < -0.4 is 9.62 Å². The summed E-state index contributed by atoms with van der Waals surface area (Å²) in [6, 6.07) is 4.03. The van der Waals surface area contributed by atoms with E-state index in [1.807, 2.05) is 32.9 Å². The first-order valence-electron chi connectivity index (χ1n) is 7.93. The van der Waals surface area contributed by atoms with Gasteiger partial charge in [0.05, 0.1) is 12.0 Å². The molecule has 0 aliphatic carbocycles. The molecule has 1 aliphatic rings. The zero-order chi connectivity index (χ0) is 17.3. The van der Waals surface area contributed by atoms with Gasteiger partial charge in [0.2, 0.25) is 0 Å². The van der Waals surface area contributed by atoms with Crippen molar-refractivity contribution in [2.24, 2.45) is 5.92 Å². The zero-order valence-electron chi connectivity index (χ0n) is 14.0. The Morgan fingerprint density at radius 3 is 2.62 bits per heavy atom. The van der Waals surface area contributed by atoms with E-state index >= 15 is 0 Å². The Morgan fingerprint density at radius 1 is 1.29 bits per heavy atom. The Kier molecular flexibility index (Phi) is 4.55. The number of aryl methyl sites for hydroxylation is 1. The van der Waals surface area contributed by atoms with Crippen LogP contribution in [0.15, 0.2) is 29.7 Å². The van der Waals surface area contributed by atoms with Crippen LogP contribution in [-0.2, 0) is 10.0 Å². The van der Waals surface area contributed by atoms with Crippen LogP contribution in [0.5, 0.6) is 0 Å². The normalized spacial score (nSPS) is 15.8. The van der Waals surface area contributed by atoms with Crippen molar-refractivity contribution < 1.29 is 8.42 Å². The molecule has 9 heteroatoms. The molecule has 1 aliphatic heterocycles. The van der Waals surface area contributed by atoms with Crippen LogP contribution in [0.1, 0.15) is 25.6 Å². The van der Waals surface area contributed by atoms with Gasteiger partial charge in [-0.1, -0.05) is 0 Å². The Hall–Kier alpha value is -2.00. The van der Waals surface area contributed by atoms with Crippen molar-refractivity contribution in [1.82, 2.24) is 24.5 Å². The predicted octanol–water partition coefficient (Wildman–Crippen LogP) is 0.977. The first kappa shape index (κ1) is 16.8. The van der Waals surface area contributed by atoms with E-state index in [0.717, 1.165) is 24.6 Å². The monoisotopic (exact) mass is 350 g/mol. The molecule has 130 valence electrons. The summed E-state index contributed by atoms with van der Waals surface area (Å²) in [5, 5.41) is 8.24. The molecule has 0 amide bonds. The number of hydrogen-bond donors (Lipinski definition) is 1. The van der Waals surface area contributed by atoms with E-state index in [2.05, 4.69) is 24.8 Å². The molecule has 0 bridgehead atoms. The number of aromatic nitrogens is 4. The van der Waals surface area contributed by atoms with Crippen LogP contribution in [-0.4, -0.2) is 47.8 Å². The minimum atomic E-state index is -3.56. The van der Waals surface area contributed by atoms with Crippen LogP contribution in [0.25, 0.3) is 0 Å². The van der Waals surface area contributed by atoms with Gasteiger partial charge < -0.3 is 9.47 Å². The first-order valence-corrected chi connectivity index (χ1v) is 9.42. The van der Waals surface area contributed by atoms with E-state index in [-0.39, 0.29) is 17.0 Å². The lowest BCUT2D eigenvalue weighted by molar-refractivity contribution is 0.402. The second kappa shape index (κ2) is 6.48. The van der Waals surface area contributed by atoms with Gasteiger partial charge in [-0.2, -0.15) is 5.10 Å². The molecular formula is C15H22N6O2S. The quantitative estimate of drug-likeness (QED) is 0.835. The number of nitrogens with zero attached hydrogens (tertiary/aromatic N) is 5. The number of nitrogens with one attached hydrogen (secondary N) is 1. The fourth-order valence-electron chi connectivity index (χ4n) is 2.49. The summed E-state index contributed by atoms with van der Waals surface area (Å²) in [5.41, 5.74) is 0.879. The molecule has 3 heterocycles. The van der Waals surface area contributed by atoms with Gasteiger partial charge in [-0.15, -0.1) is 5.10 Å². The summed E-state index contributed by atoms with van der Waals surface area (Å²) in [6.07, 6.45) is 3.10. The molecule has 0 aromatic carbocycles. The highest BCUT2D eigenvalue weighted by Gasteiger charge is 2.29. The molecule has 24 heavy (non-hydrogen) atoms. The smallest absolute Gasteiger partial charge is 0.259 e. The summed E-state index contributed by atoms with van der Waals surface area (Å²) in [5.74, 6) is 1.09. The lowest BCUT2D eigenvalue weighted by Gasteiger charge is -2.39. The topological polar surface area (TPSA) is 93.0 Å². The third-order valence-corrected chi connectivity index (χ3v) is 5.38. The molecule has 8 nitrogen and oxygen atoms in total. The third kappa shape index (κ3) is 3.57. The molecule has 0 atom stereocenters. The lowest BCUT2D eigenvalue weighted by Crippen LogP contribution is -2.51. The van der Waals surface area contributed by atoms with E-state index in [1.165, 1.54) is 0 Å². The number of anilines is 1. The van der Waals surface area contributed by atoms with E-state index < -0.39 is 10.0 Å². The molecular weight excluding hydrogens is 328 g/mol. The number of imidazole rings is 1. The van der Waals surface area contributed by atoms with E-state index in [0.29, 0.717) is 6.54 Å². The fraction of sp³-hybridized carbons (Fsp3) is 0.533. The van der Waals surface area contributed by atoms with Crippen molar-refractivity contribution in [3.05, 3.63) is 30.4 Å². The van der Waals surface area contributed by atoms with E-state index in [1.54, 1.807) is 17.1 Å². The highest BCUT2D eigenvalue weighted by atomic mass is 32.2. The second-order valence-electron chi connectivity index (χ2n) is 6.41. The highest BCUT2D eigenvalue weighted by Crippen LogP contribution is 2.22. The maximum absolute atomic E-state index is 12.3. The van der Waals surface area contributed by atoms with Crippen molar-refractivity contribution in [2.45, 2.75) is 31.8 Å². The van der Waals surface area contributed by atoms with Gasteiger partial charge in [0, 0.05) is 37.8 Å². The summed E-state index contributed by atoms with van der Waals surface area (Å²) in [7, 11) is -3.56. The van der Waals surface area contributed by atoms with E-state index in [9.17, 15) is 8.42 Å². The van der Waals surface area contributed by atoms with Gasteiger partial charge in [-0.05, 0) is 32.9 Å². The molecule has 1 fully saturated rings. The Labute approximate surface area is 142 Å². The minimum absolute atomic E-state index is 0.0665. The molecule has 0 unspecified atom stereocenters. The van der Waals surface area contributed by atoms with Crippen molar-refractivity contribution in [3.8, 4) is 0 Å². The van der Waals surface area contributed by atoms with Crippen LogP contribution in [0.3, 0.4) is 0 Å². The molecule has 1 N–H and O–H groups in total. The van der Waals surface area contributed by atoms with Crippen molar-refractivity contribution in [3.63, 3.8) is 0 Å². The molecule has 1 saturated heterocycles. The number of rotatable bonds is 6. The zero-order valence-corrected chi connectivity index (χ0v) is 14.9. The average molecular weight is 350 g/mol. The molecule has 0 radical (unpaired) electrons. The predicted molar refractivity (Wildman–Crippen MR) is 90.3 cm³/mol. The maximum atomic E-state index is 12.3. The van der Waals surface area contributed by atoms with Crippen LogP contribution >= 0.6 is 0 Å².